The maximum atomic E-state index is 12.7. The molecule has 4 rings (SSSR count). The zero-order chi connectivity index (χ0) is 17.6. The lowest BCUT2D eigenvalue weighted by atomic mass is 9.79. The van der Waals surface area contributed by atoms with E-state index in [1.165, 1.54) is 11.3 Å². The van der Waals surface area contributed by atoms with Gasteiger partial charge < -0.3 is 10.4 Å². The SMILES string of the molecule is O=C(O)[C@@H]1[C@H]2CC[C@@H](C2)[C@@H]1C(=O)Nc1nc(-c2ccc(Br)cc2)cs1. The van der Waals surface area contributed by atoms with E-state index in [1.807, 2.05) is 29.6 Å². The zero-order valence-corrected chi connectivity index (χ0v) is 15.7. The van der Waals surface area contributed by atoms with E-state index in [2.05, 4.69) is 26.2 Å². The predicted octanol–water partition coefficient (Wildman–Crippen LogP) is 4.26. The van der Waals surface area contributed by atoms with Crippen LogP contribution in [0.1, 0.15) is 19.3 Å². The fraction of sp³-hybridized carbons (Fsp3) is 0.389. The molecule has 2 saturated carbocycles. The molecule has 2 bridgehead atoms. The largest absolute Gasteiger partial charge is 0.481 e. The molecular formula is C18H17BrN2O3S. The number of aromatic nitrogens is 1. The van der Waals surface area contributed by atoms with Crippen molar-refractivity contribution in [2.24, 2.45) is 23.7 Å². The van der Waals surface area contributed by atoms with Gasteiger partial charge in [0.2, 0.25) is 5.91 Å². The average Bonchev–Trinajstić information content (AvgIpc) is 3.30. The van der Waals surface area contributed by atoms with Gasteiger partial charge in [0, 0.05) is 15.4 Å². The minimum atomic E-state index is -0.845. The zero-order valence-electron chi connectivity index (χ0n) is 13.3. The molecule has 0 radical (unpaired) electrons. The van der Waals surface area contributed by atoms with Crippen molar-refractivity contribution in [3.63, 3.8) is 0 Å². The number of carbonyl (C=O) groups is 2. The van der Waals surface area contributed by atoms with Gasteiger partial charge in [0.15, 0.2) is 5.13 Å². The second kappa shape index (κ2) is 6.53. The Hall–Kier alpha value is -1.73. The van der Waals surface area contributed by atoms with Gasteiger partial charge in [0.25, 0.3) is 0 Å². The highest BCUT2D eigenvalue weighted by Crippen LogP contribution is 2.52. The van der Waals surface area contributed by atoms with Crippen molar-refractivity contribution in [1.82, 2.24) is 4.98 Å². The van der Waals surface area contributed by atoms with E-state index in [1.54, 1.807) is 0 Å². The van der Waals surface area contributed by atoms with Crippen molar-refractivity contribution in [2.75, 3.05) is 5.32 Å². The highest BCUT2D eigenvalue weighted by atomic mass is 79.9. The lowest BCUT2D eigenvalue weighted by Crippen LogP contribution is -2.37. The number of halogens is 1. The van der Waals surface area contributed by atoms with E-state index in [4.69, 9.17) is 0 Å². The van der Waals surface area contributed by atoms with Gasteiger partial charge in [0.1, 0.15) is 0 Å². The first-order chi connectivity index (χ1) is 12.0. The van der Waals surface area contributed by atoms with E-state index in [0.29, 0.717) is 5.13 Å². The van der Waals surface area contributed by atoms with Crippen molar-refractivity contribution < 1.29 is 14.7 Å². The molecule has 25 heavy (non-hydrogen) atoms. The lowest BCUT2D eigenvalue weighted by molar-refractivity contribution is -0.148. The van der Waals surface area contributed by atoms with Crippen LogP contribution in [0.2, 0.25) is 0 Å². The number of carboxylic acid groups (broad SMARTS) is 1. The minimum absolute atomic E-state index is 0.146. The van der Waals surface area contributed by atoms with Crippen LogP contribution in [0.4, 0.5) is 5.13 Å². The highest BCUT2D eigenvalue weighted by molar-refractivity contribution is 9.10. The molecule has 1 aromatic heterocycles. The second-order valence-electron chi connectivity index (χ2n) is 6.76. The molecule has 1 aromatic carbocycles. The molecule has 0 spiro atoms. The summed E-state index contributed by atoms with van der Waals surface area (Å²) in [6, 6.07) is 7.81. The average molecular weight is 421 g/mol. The number of carboxylic acids is 1. The molecular weight excluding hydrogens is 404 g/mol. The van der Waals surface area contributed by atoms with E-state index >= 15 is 0 Å². The summed E-state index contributed by atoms with van der Waals surface area (Å²) in [4.78, 5) is 28.8. The molecule has 2 aromatic rings. The molecule has 5 nitrogen and oxygen atoms in total. The number of benzene rings is 1. The van der Waals surface area contributed by atoms with E-state index in [9.17, 15) is 14.7 Å². The summed E-state index contributed by atoms with van der Waals surface area (Å²) < 4.78 is 0.996. The van der Waals surface area contributed by atoms with Crippen LogP contribution in [0.25, 0.3) is 11.3 Å². The smallest absolute Gasteiger partial charge is 0.307 e. The Kier molecular flexibility index (Phi) is 4.37. The Morgan fingerprint density at radius 3 is 2.52 bits per heavy atom. The molecule has 0 saturated heterocycles. The molecule has 4 atom stereocenters. The standard InChI is InChI=1S/C18H17BrN2O3S/c19-12-5-3-9(4-6-12)13-8-25-18(20-13)21-16(22)14-10-1-2-11(7-10)15(14)17(23)24/h3-6,8,10-11,14-15H,1-2,7H2,(H,23,24)(H,20,21,22)/t10-,11-,14-,15+/m0/s1. The fourth-order valence-corrected chi connectivity index (χ4v) is 5.28. The highest BCUT2D eigenvalue weighted by Gasteiger charge is 2.54. The molecule has 0 aliphatic heterocycles. The number of fused-ring (bicyclic) bond motifs is 2. The Morgan fingerprint density at radius 2 is 1.84 bits per heavy atom. The van der Waals surface area contributed by atoms with Gasteiger partial charge in [-0.15, -0.1) is 11.3 Å². The minimum Gasteiger partial charge on any atom is -0.481 e. The monoisotopic (exact) mass is 420 g/mol. The molecule has 7 heteroatoms. The van der Waals surface area contributed by atoms with Gasteiger partial charge in [-0.3, -0.25) is 9.59 Å². The van der Waals surface area contributed by atoms with E-state index in [0.717, 1.165) is 35.0 Å². The Labute approximate surface area is 157 Å². The second-order valence-corrected chi connectivity index (χ2v) is 8.53. The number of thiazole rings is 1. The van der Waals surface area contributed by atoms with Crippen LogP contribution in [0.3, 0.4) is 0 Å². The van der Waals surface area contributed by atoms with E-state index < -0.39 is 17.8 Å². The van der Waals surface area contributed by atoms with Crippen molar-refractivity contribution in [3.05, 3.63) is 34.1 Å². The maximum Gasteiger partial charge on any atom is 0.307 e. The third-order valence-corrected chi connectivity index (χ3v) is 6.66. The fourth-order valence-electron chi connectivity index (χ4n) is 4.30. The molecule has 1 heterocycles. The lowest BCUT2D eigenvalue weighted by Gasteiger charge is -2.26. The number of hydrogen-bond donors (Lipinski definition) is 2. The molecule has 2 fully saturated rings. The molecule has 2 N–H and O–H groups in total. The number of hydrogen-bond acceptors (Lipinski definition) is 4. The summed E-state index contributed by atoms with van der Waals surface area (Å²) in [7, 11) is 0. The number of amides is 1. The molecule has 2 aliphatic rings. The first-order valence-electron chi connectivity index (χ1n) is 8.28. The van der Waals surface area contributed by atoms with Crippen LogP contribution < -0.4 is 5.32 Å². The summed E-state index contributed by atoms with van der Waals surface area (Å²) in [6.07, 6.45) is 2.74. The molecule has 1 amide bonds. The summed E-state index contributed by atoms with van der Waals surface area (Å²) in [5.41, 5.74) is 1.78. The molecule has 130 valence electrons. The third-order valence-electron chi connectivity index (χ3n) is 5.38. The van der Waals surface area contributed by atoms with Crippen molar-refractivity contribution in [2.45, 2.75) is 19.3 Å². The number of nitrogens with zero attached hydrogens (tertiary/aromatic N) is 1. The van der Waals surface area contributed by atoms with Gasteiger partial charge in [0.05, 0.1) is 17.5 Å². The van der Waals surface area contributed by atoms with Gasteiger partial charge in [-0.2, -0.15) is 0 Å². The first kappa shape index (κ1) is 16.7. The van der Waals surface area contributed by atoms with Crippen molar-refractivity contribution >= 4 is 44.3 Å². The van der Waals surface area contributed by atoms with Crippen LogP contribution >= 0.6 is 27.3 Å². The number of rotatable bonds is 4. The van der Waals surface area contributed by atoms with Gasteiger partial charge >= 0.3 is 5.97 Å². The predicted molar refractivity (Wildman–Crippen MR) is 99.3 cm³/mol. The summed E-state index contributed by atoms with van der Waals surface area (Å²) in [6.45, 7) is 0. The molecule has 0 unspecified atom stereocenters. The van der Waals surface area contributed by atoms with Crippen LogP contribution in [-0.2, 0) is 9.59 Å². The molecule has 2 aliphatic carbocycles. The van der Waals surface area contributed by atoms with Crippen molar-refractivity contribution in [3.8, 4) is 11.3 Å². The third kappa shape index (κ3) is 3.11. The van der Waals surface area contributed by atoms with Crippen molar-refractivity contribution in [1.29, 1.82) is 0 Å². The number of anilines is 1. The van der Waals surface area contributed by atoms with Crippen LogP contribution in [0.15, 0.2) is 34.1 Å². The number of aliphatic carboxylic acids is 1. The topological polar surface area (TPSA) is 79.3 Å². The summed E-state index contributed by atoms with van der Waals surface area (Å²) in [5.74, 6) is -1.69. The quantitative estimate of drug-likeness (QED) is 0.774. The van der Waals surface area contributed by atoms with Gasteiger partial charge in [-0.05, 0) is 43.2 Å². The summed E-state index contributed by atoms with van der Waals surface area (Å²) in [5, 5.41) is 14.8. The Bertz CT molecular complexity index is 820. The van der Waals surface area contributed by atoms with Crippen LogP contribution in [-0.4, -0.2) is 22.0 Å². The normalized spacial score (nSPS) is 27.4. The number of nitrogens with one attached hydrogen (secondary N) is 1. The maximum absolute atomic E-state index is 12.7. The first-order valence-corrected chi connectivity index (χ1v) is 9.95. The number of carbonyl (C=O) groups excluding carboxylic acids is 1. The Morgan fingerprint density at radius 1 is 1.16 bits per heavy atom. The Balaban J connectivity index is 1.50. The van der Waals surface area contributed by atoms with Crippen LogP contribution in [0.5, 0.6) is 0 Å². The summed E-state index contributed by atoms with van der Waals surface area (Å²) >= 11 is 4.77. The van der Waals surface area contributed by atoms with Gasteiger partial charge in [-0.1, -0.05) is 28.1 Å². The van der Waals surface area contributed by atoms with Gasteiger partial charge in [-0.25, -0.2) is 4.98 Å². The van der Waals surface area contributed by atoms with Crippen LogP contribution in [0, 0.1) is 23.7 Å². The van der Waals surface area contributed by atoms with E-state index in [-0.39, 0.29) is 17.7 Å².